The van der Waals surface area contributed by atoms with E-state index in [1.165, 1.54) is 0 Å². The number of allylic oxidation sites excluding steroid dienone is 5. The molecule has 76 valence electrons. The summed E-state index contributed by atoms with van der Waals surface area (Å²) in [6, 6.07) is 9.91. The summed E-state index contributed by atoms with van der Waals surface area (Å²) < 4.78 is 0. The van der Waals surface area contributed by atoms with Crippen molar-refractivity contribution in [3.63, 3.8) is 0 Å². The lowest BCUT2D eigenvalue weighted by Crippen LogP contribution is -1.93. The lowest BCUT2D eigenvalue weighted by Gasteiger charge is -2.09. The molecule has 2 rings (SSSR count). The largest absolute Gasteiger partial charge is 0.412 e. The SMILES string of the molecule is O.O=C=C1CC=CC=C1c1ccccc1. The van der Waals surface area contributed by atoms with Gasteiger partial charge in [-0.25, -0.2) is 4.79 Å². The van der Waals surface area contributed by atoms with Crippen LogP contribution in [0, 0.1) is 0 Å². The van der Waals surface area contributed by atoms with Gasteiger partial charge < -0.3 is 5.48 Å². The molecule has 0 bridgehead atoms. The molecular formula is C13H12O2. The van der Waals surface area contributed by atoms with Crippen molar-refractivity contribution < 1.29 is 10.3 Å². The van der Waals surface area contributed by atoms with Crippen LogP contribution in [0.4, 0.5) is 0 Å². The zero-order valence-corrected chi connectivity index (χ0v) is 8.23. The van der Waals surface area contributed by atoms with E-state index in [-0.39, 0.29) is 5.48 Å². The lowest BCUT2D eigenvalue weighted by molar-refractivity contribution is 0.567. The monoisotopic (exact) mass is 200 g/mol. The van der Waals surface area contributed by atoms with E-state index >= 15 is 0 Å². The fraction of sp³-hybridized carbons (Fsp3) is 0.0769. The maximum absolute atomic E-state index is 10.7. The zero-order valence-electron chi connectivity index (χ0n) is 8.23. The Bertz CT molecular complexity index is 435. The lowest BCUT2D eigenvalue weighted by atomic mass is 9.93. The molecule has 0 saturated carbocycles. The Morgan fingerprint density at radius 1 is 1.13 bits per heavy atom. The molecule has 2 nitrogen and oxygen atoms in total. The van der Waals surface area contributed by atoms with Crippen LogP contribution < -0.4 is 0 Å². The number of hydrogen-bond donors (Lipinski definition) is 0. The molecule has 1 aliphatic carbocycles. The summed E-state index contributed by atoms with van der Waals surface area (Å²) in [6.45, 7) is 0. The van der Waals surface area contributed by atoms with Gasteiger partial charge in [0.05, 0.1) is 0 Å². The number of rotatable bonds is 1. The van der Waals surface area contributed by atoms with E-state index in [1.807, 2.05) is 54.5 Å². The first kappa shape index (κ1) is 11.2. The number of benzene rings is 1. The first-order chi connectivity index (χ1) is 6.92. The van der Waals surface area contributed by atoms with Crippen LogP contribution in [0.2, 0.25) is 0 Å². The molecule has 0 spiro atoms. The second kappa shape index (κ2) is 5.11. The third-order valence-corrected chi connectivity index (χ3v) is 2.25. The van der Waals surface area contributed by atoms with Crippen LogP contribution in [-0.2, 0) is 4.79 Å². The van der Waals surface area contributed by atoms with Gasteiger partial charge in [0.2, 0.25) is 0 Å². The summed E-state index contributed by atoms with van der Waals surface area (Å²) in [7, 11) is 0. The van der Waals surface area contributed by atoms with Gasteiger partial charge in [0.1, 0.15) is 5.94 Å². The summed E-state index contributed by atoms with van der Waals surface area (Å²) in [6.07, 6.45) is 6.58. The van der Waals surface area contributed by atoms with Crippen LogP contribution >= 0.6 is 0 Å². The van der Waals surface area contributed by atoms with Gasteiger partial charge in [0.15, 0.2) is 0 Å². The minimum atomic E-state index is 0. The van der Waals surface area contributed by atoms with E-state index in [9.17, 15) is 4.79 Å². The van der Waals surface area contributed by atoms with Gasteiger partial charge in [-0.3, -0.25) is 0 Å². The third kappa shape index (κ3) is 2.32. The molecule has 0 radical (unpaired) electrons. The fourth-order valence-corrected chi connectivity index (χ4v) is 1.55. The average Bonchev–Trinajstić information content (AvgIpc) is 2.30. The minimum absolute atomic E-state index is 0. The van der Waals surface area contributed by atoms with Gasteiger partial charge in [-0.05, 0) is 11.1 Å². The Morgan fingerprint density at radius 3 is 2.53 bits per heavy atom. The molecule has 0 aliphatic heterocycles. The molecule has 0 heterocycles. The van der Waals surface area contributed by atoms with Gasteiger partial charge in [-0.1, -0.05) is 48.6 Å². The molecule has 2 N–H and O–H groups in total. The molecule has 0 amide bonds. The van der Waals surface area contributed by atoms with E-state index in [0.717, 1.165) is 16.7 Å². The number of carbonyl (C=O) groups excluding carboxylic acids is 1. The van der Waals surface area contributed by atoms with E-state index in [2.05, 4.69) is 0 Å². The Labute approximate surface area is 88.6 Å². The quantitative estimate of drug-likeness (QED) is 0.639. The maximum atomic E-state index is 10.7. The summed E-state index contributed by atoms with van der Waals surface area (Å²) in [4.78, 5) is 10.7. The van der Waals surface area contributed by atoms with Crippen molar-refractivity contribution in [2.24, 2.45) is 0 Å². The van der Waals surface area contributed by atoms with Crippen LogP contribution in [0.15, 0.2) is 54.1 Å². The van der Waals surface area contributed by atoms with Crippen molar-refractivity contribution in [3.8, 4) is 0 Å². The average molecular weight is 200 g/mol. The molecule has 0 unspecified atom stereocenters. The van der Waals surface area contributed by atoms with Gasteiger partial charge in [0.25, 0.3) is 0 Å². The molecule has 0 saturated heterocycles. The number of hydrogen-bond acceptors (Lipinski definition) is 1. The standard InChI is InChI=1S/C13H10O.H2O/c14-10-12-8-4-5-9-13(12)11-6-2-1-3-7-11;/h1-7,9H,8H2;1H2. The van der Waals surface area contributed by atoms with Crippen LogP contribution in [0.25, 0.3) is 5.57 Å². The smallest absolute Gasteiger partial charge is 0.128 e. The van der Waals surface area contributed by atoms with Gasteiger partial charge in [-0.15, -0.1) is 0 Å². The van der Waals surface area contributed by atoms with E-state index < -0.39 is 0 Å². The van der Waals surface area contributed by atoms with Crippen molar-refractivity contribution in [3.05, 3.63) is 59.7 Å². The Balaban J connectivity index is 0.00000112. The first-order valence-corrected chi connectivity index (χ1v) is 4.58. The zero-order chi connectivity index (χ0) is 9.80. The molecule has 0 fully saturated rings. The van der Waals surface area contributed by atoms with Gasteiger partial charge >= 0.3 is 0 Å². The highest BCUT2D eigenvalue weighted by Crippen LogP contribution is 2.26. The van der Waals surface area contributed by atoms with Crippen LogP contribution in [-0.4, -0.2) is 11.4 Å². The molecule has 1 aromatic carbocycles. The van der Waals surface area contributed by atoms with E-state index in [1.54, 1.807) is 0 Å². The molecule has 2 heteroatoms. The van der Waals surface area contributed by atoms with Crippen molar-refractivity contribution in [1.82, 2.24) is 0 Å². The van der Waals surface area contributed by atoms with E-state index in [4.69, 9.17) is 0 Å². The predicted molar refractivity (Wildman–Crippen MR) is 61.0 cm³/mol. The third-order valence-electron chi connectivity index (χ3n) is 2.25. The van der Waals surface area contributed by atoms with Crippen molar-refractivity contribution in [1.29, 1.82) is 0 Å². The molecule has 0 atom stereocenters. The van der Waals surface area contributed by atoms with Crippen molar-refractivity contribution in [2.45, 2.75) is 6.42 Å². The minimum Gasteiger partial charge on any atom is -0.412 e. The fourth-order valence-electron chi connectivity index (χ4n) is 1.55. The van der Waals surface area contributed by atoms with Gasteiger partial charge in [-0.2, -0.15) is 0 Å². The molecule has 1 aromatic rings. The Kier molecular flexibility index (Phi) is 3.81. The summed E-state index contributed by atoms with van der Waals surface area (Å²) >= 11 is 0. The Hall–Kier alpha value is -1.89. The topological polar surface area (TPSA) is 48.6 Å². The Morgan fingerprint density at radius 2 is 1.87 bits per heavy atom. The molecule has 1 aliphatic rings. The van der Waals surface area contributed by atoms with E-state index in [0.29, 0.717) is 6.42 Å². The molecular weight excluding hydrogens is 188 g/mol. The normalized spacial score (nSPS) is 13.9. The van der Waals surface area contributed by atoms with Crippen molar-refractivity contribution >= 4 is 11.5 Å². The molecule has 0 aromatic heterocycles. The first-order valence-electron chi connectivity index (χ1n) is 4.58. The van der Waals surface area contributed by atoms with Gasteiger partial charge in [0, 0.05) is 12.0 Å². The maximum Gasteiger partial charge on any atom is 0.128 e. The van der Waals surface area contributed by atoms with Crippen LogP contribution in [0.3, 0.4) is 0 Å². The second-order valence-corrected chi connectivity index (χ2v) is 3.16. The highest BCUT2D eigenvalue weighted by atomic mass is 16.1. The van der Waals surface area contributed by atoms with Crippen LogP contribution in [0.1, 0.15) is 12.0 Å². The summed E-state index contributed by atoms with van der Waals surface area (Å²) in [5, 5.41) is 0. The highest BCUT2D eigenvalue weighted by Gasteiger charge is 2.09. The predicted octanol–water partition coefficient (Wildman–Crippen LogP) is 1.96. The highest BCUT2D eigenvalue weighted by molar-refractivity contribution is 5.89. The van der Waals surface area contributed by atoms with Crippen LogP contribution in [0.5, 0.6) is 0 Å². The summed E-state index contributed by atoms with van der Waals surface area (Å²) in [5.41, 5.74) is 2.80. The second-order valence-electron chi connectivity index (χ2n) is 3.16. The van der Waals surface area contributed by atoms with Crippen molar-refractivity contribution in [2.75, 3.05) is 0 Å². The summed E-state index contributed by atoms with van der Waals surface area (Å²) in [5.74, 6) is 2.00. The molecule has 15 heavy (non-hydrogen) atoms.